The van der Waals surface area contributed by atoms with Crippen LogP contribution in [-0.4, -0.2) is 20.6 Å². The molecule has 2 aromatic carbocycles. The summed E-state index contributed by atoms with van der Waals surface area (Å²) in [6.07, 6.45) is -10.7. The second-order valence-electron chi connectivity index (χ2n) is 6.93. The molecule has 0 saturated heterocycles. The topological polar surface area (TPSA) is 84.5 Å². The monoisotopic (exact) mass is 502 g/mol. The van der Waals surface area contributed by atoms with E-state index in [9.17, 15) is 43.9 Å². The maximum absolute atomic E-state index is 14.2. The number of benzene rings is 2. The predicted molar refractivity (Wildman–Crippen MR) is 103 cm³/mol. The Morgan fingerprint density at radius 3 is 2.15 bits per heavy atom. The van der Waals surface area contributed by atoms with Crippen molar-refractivity contribution < 1.29 is 48.8 Å². The molecule has 1 amide bonds. The molecule has 33 heavy (non-hydrogen) atoms. The first kappa shape index (κ1) is 26.4. The van der Waals surface area contributed by atoms with E-state index in [0.717, 1.165) is 25.3 Å². The highest BCUT2D eigenvalue weighted by Crippen LogP contribution is 2.42. The quantitative estimate of drug-likeness (QED) is 0.435. The Kier molecular flexibility index (Phi) is 7.63. The molecule has 0 spiro atoms. The summed E-state index contributed by atoms with van der Waals surface area (Å²) in [4.78, 5) is 15.5. The van der Waals surface area contributed by atoms with Crippen LogP contribution in [0, 0.1) is 5.82 Å². The van der Waals surface area contributed by atoms with Crippen LogP contribution in [0.5, 0.6) is 0 Å². The highest BCUT2D eigenvalue weighted by molar-refractivity contribution is 7.92. The minimum atomic E-state index is -5.25. The molecule has 0 aromatic heterocycles. The third-order valence-corrected chi connectivity index (χ3v) is 4.73. The molecule has 2 N–H and O–H groups in total. The van der Waals surface area contributed by atoms with Crippen LogP contribution in [0.15, 0.2) is 30.3 Å². The molecule has 0 heterocycles. The van der Waals surface area contributed by atoms with Crippen molar-refractivity contribution >= 4 is 21.6 Å². The number of rotatable bonds is 7. The Morgan fingerprint density at radius 2 is 1.67 bits per heavy atom. The Bertz CT molecular complexity index is 1150. The maximum Gasteiger partial charge on any atom is 0.417 e. The van der Waals surface area contributed by atoms with Gasteiger partial charge < -0.3 is 0 Å². The van der Waals surface area contributed by atoms with Gasteiger partial charge in [-0.2, -0.15) is 26.3 Å². The molecule has 0 bridgehead atoms. The van der Waals surface area contributed by atoms with Crippen molar-refractivity contribution in [3.63, 3.8) is 0 Å². The van der Waals surface area contributed by atoms with Crippen LogP contribution in [0.1, 0.15) is 34.7 Å². The third-order valence-electron chi connectivity index (χ3n) is 4.14. The van der Waals surface area contributed by atoms with Gasteiger partial charge in [-0.1, -0.05) is 12.1 Å². The van der Waals surface area contributed by atoms with Crippen molar-refractivity contribution in [3.8, 4) is 0 Å². The molecule has 14 heteroatoms. The Hall–Kier alpha value is -2.87. The number of carbonyl (C=O) groups is 1. The number of amides is 1. The van der Waals surface area contributed by atoms with Crippen LogP contribution in [-0.2, 0) is 45.0 Å². The van der Waals surface area contributed by atoms with Crippen LogP contribution in [0.25, 0.3) is 0 Å². The van der Waals surface area contributed by atoms with Gasteiger partial charge in [-0.15, -0.1) is 0 Å². The van der Waals surface area contributed by atoms with E-state index in [4.69, 9.17) is 0 Å². The van der Waals surface area contributed by atoms with Crippen molar-refractivity contribution in [1.82, 2.24) is 5.48 Å². The molecule has 0 aliphatic carbocycles. The van der Waals surface area contributed by atoms with E-state index in [2.05, 4.69) is 4.84 Å². The van der Waals surface area contributed by atoms with Gasteiger partial charge in [-0.3, -0.25) is 14.4 Å². The predicted octanol–water partition coefficient (Wildman–Crippen LogP) is 4.39. The first-order valence-corrected chi connectivity index (χ1v) is 10.8. The zero-order valence-corrected chi connectivity index (χ0v) is 17.8. The number of carbonyl (C=O) groups excluding carboxylic acids is 1. The number of hydroxylamine groups is 1. The fourth-order valence-corrected chi connectivity index (χ4v) is 3.55. The van der Waals surface area contributed by atoms with Crippen LogP contribution in [0.2, 0.25) is 0 Å². The van der Waals surface area contributed by atoms with Gasteiger partial charge in [0.05, 0.1) is 23.1 Å². The fourth-order valence-electron chi connectivity index (χ4n) is 2.99. The van der Waals surface area contributed by atoms with Crippen molar-refractivity contribution in [2.24, 2.45) is 0 Å². The van der Waals surface area contributed by atoms with Gasteiger partial charge in [0.1, 0.15) is 12.4 Å². The second-order valence-corrected chi connectivity index (χ2v) is 8.68. The van der Waals surface area contributed by atoms with E-state index in [0.29, 0.717) is 18.2 Å². The first-order chi connectivity index (χ1) is 15.0. The molecule has 182 valence electrons. The lowest BCUT2D eigenvalue weighted by atomic mass is 9.90. The second kappa shape index (κ2) is 9.55. The van der Waals surface area contributed by atoms with E-state index in [-0.39, 0.29) is 5.56 Å². The number of anilines is 1. The standard InChI is InChI=1S/C19H17F7N2O4S/c1-10(29)27-32-9-12-4-5-14(18(21,22)23)13(17(12)19(24,25)26)7-11-3-6-16(15(20)8-11)28-33(2,30)31/h3-6,8,28H,7,9H2,1-2H3,(H,27,29). The minimum absolute atomic E-state index is 0.275. The summed E-state index contributed by atoms with van der Waals surface area (Å²) in [6, 6.07) is 3.53. The number of hydrogen-bond donors (Lipinski definition) is 2. The van der Waals surface area contributed by atoms with Gasteiger partial charge in [0.25, 0.3) is 0 Å². The lowest BCUT2D eigenvalue weighted by Crippen LogP contribution is -2.23. The fraction of sp³-hybridized carbons (Fsp3) is 0.316. The van der Waals surface area contributed by atoms with E-state index >= 15 is 0 Å². The average Bonchev–Trinajstić information content (AvgIpc) is 2.60. The Balaban J connectivity index is 2.61. The number of alkyl halides is 6. The highest BCUT2D eigenvalue weighted by atomic mass is 32.2. The van der Waals surface area contributed by atoms with E-state index in [1.807, 2.05) is 4.72 Å². The SMILES string of the molecule is CC(=O)NOCc1ccc(C(F)(F)F)c(Cc2ccc(NS(C)(=O)=O)c(F)c2)c1C(F)(F)F. The van der Waals surface area contributed by atoms with Crippen LogP contribution >= 0.6 is 0 Å². The van der Waals surface area contributed by atoms with Crippen LogP contribution < -0.4 is 10.2 Å². The summed E-state index contributed by atoms with van der Waals surface area (Å²) in [6.45, 7) is 0.130. The van der Waals surface area contributed by atoms with E-state index < -0.39 is 75.1 Å². The van der Waals surface area contributed by atoms with Gasteiger partial charge in [-0.25, -0.2) is 18.3 Å². The molecule has 0 unspecified atom stereocenters. The minimum Gasteiger partial charge on any atom is -0.281 e. The number of hydrogen-bond acceptors (Lipinski definition) is 4. The molecule has 0 radical (unpaired) electrons. The maximum atomic E-state index is 14.2. The van der Waals surface area contributed by atoms with Gasteiger partial charge in [0.2, 0.25) is 15.9 Å². The summed E-state index contributed by atoms with van der Waals surface area (Å²) in [5, 5.41) is 0. The third kappa shape index (κ3) is 7.32. The van der Waals surface area contributed by atoms with E-state index in [1.165, 1.54) is 0 Å². The van der Waals surface area contributed by atoms with Crippen LogP contribution in [0.4, 0.5) is 36.4 Å². The van der Waals surface area contributed by atoms with Crippen LogP contribution in [0.3, 0.4) is 0 Å². The summed E-state index contributed by atoms with van der Waals surface area (Å²) in [5.74, 6) is -1.93. The summed E-state index contributed by atoms with van der Waals surface area (Å²) >= 11 is 0. The van der Waals surface area contributed by atoms with Gasteiger partial charge in [0, 0.05) is 6.92 Å². The number of halogens is 7. The molecule has 0 atom stereocenters. The largest absolute Gasteiger partial charge is 0.417 e. The number of sulfonamides is 1. The first-order valence-electron chi connectivity index (χ1n) is 8.92. The zero-order valence-electron chi connectivity index (χ0n) is 17.0. The summed E-state index contributed by atoms with van der Waals surface area (Å²) < 4.78 is 121. The molecule has 0 aliphatic rings. The van der Waals surface area contributed by atoms with E-state index in [1.54, 1.807) is 5.48 Å². The summed E-state index contributed by atoms with van der Waals surface area (Å²) in [5.41, 5.74) is -4.10. The average molecular weight is 502 g/mol. The van der Waals surface area contributed by atoms with Gasteiger partial charge >= 0.3 is 12.4 Å². The molecule has 2 aromatic rings. The lowest BCUT2D eigenvalue weighted by Gasteiger charge is -2.22. The molecule has 6 nitrogen and oxygen atoms in total. The van der Waals surface area contributed by atoms with Crippen molar-refractivity contribution in [2.75, 3.05) is 11.0 Å². The van der Waals surface area contributed by atoms with Gasteiger partial charge in [0.15, 0.2) is 0 Å². The van der Waals surface area contributed by atoms with Gasteiger partial charge in [-0.05, 0) is 41.3 Å². The molecule has 2 rings (SSSR count). The Labute approximate surface area is 183 Å². The highest BCUT2D eigenvalue weighted by Gasteiger charge is 2.42. The van der Waals surface area contributed by atoms with Crippen molar-refractivity contribution in [3.05, 3.63) is 64.0 Å². The molecule has 0 fully saturated rings. The normalized spacial score (nSPS) is 12.5. The summed E-state index contributed by atoms with van der Waals surface area (Å²) in [7, 11) is -3.88. The molecule has 0 saturated carbocycles. The lowest BCUT2D eigenvalue weighted by molar-refractivity contribution is -0.145. The molecular weight excluding hydrogens is 485 g/mol. The Morgan fingerprint density at radius 1 is 1.03 bits per heavy atom. The van der Waals surface area contributed by atoms with Crippen molar-refractivity contribution in [2.45, 2.75) is 32.3 Å². The smallest absolute Gasteiger partial charge is 0.281 e. The zero-order chi connectivity index (χ0) is 25.2. The molecular formula is C19H17F7N2O4S. The van der Waals surface area contributed by atoms with Crippen molar-refractivity contribution in [1.29, 1.82) is 0 Å². The molecule has 0 aliphatic heterocycles. The number of nitrogens with one attached hydrogen (secondary N) is 2.